The second-order valence-corrected chi connectivity index (χ2v) is 6.85. The number of piperazine rings is 1. The highest BCUT2D eigenvalue weighted by molar-refractivity contribution is 5.94. The Morgan fingerprint density at radius 3 is 2.10 bits per heavy atom. The number of hydrogen-bond donors (Lipinski definition) is 3. The molecule has 0 aliphatic carbocycles. The molecule has 0 spiro atoms. The number of guanidine groups is 2. The summed E-state index contributed by atoms with van der Waals surface area (Å²) in [5.74, 6) is -0.0272. The van der Waals surface area contributed by atoms with Crippen LogP contribution in [0.5, 0.6) is 0 Å². The van der Waals surface area contributed by atoms with E-state index in [0.29, 0.717) is 18.8 Å². The van der Waals surface area contributed by atoms with Gasteiger partial charge >= 0.3 is 0 Å². The van der Waals surface area contributed by atoms with Gasteiger partial charge in [-0.25, -0.2) is 4.99 Å². The summed E-state index contributed by atoms with van der Waals surface area (Å²) in [7, 11) is 0. The van der Waals surface area contributed by atoms with Crippen LogP contribution in [0.15, 0.2) is 58.5 Å². The van der Waals surface area contributed by atoms with Crippen LogP contribution in [0.25, 0.3) is 0 Å². The van der Waals surface area contributed by atoms with Gasteiger partial charge in [0.05, 0.1) is 5.69 Å². The first kappa shape index (κ1) is 20.2. The number of hydrogen-bond acceptors (Lipinski definition) is 3. The van der Waals surface area contributed by atoms with Crippen LogP contribution in [0.2, 0.25) is 0 Å². The lowest BCUT2D eigenvalue weighted by atomic mass is 10.1. The Labute approximate surface area is 170 Å². The van der Waals surface area contributed by atoms with Gasteiger partial charge in [0.25, 0.3) is 5.91 Å². The largest absolute Gasteiger partial charge is 0.370 e. The van der Waals surface area contributed by atoms with E-state index in [-0.39, 0.29) is 17.8 Å². The lowest BCUT2D eigenvalue weighted by molar-refractivity contribution is 0.0747. The van der Waals surface area contributed by atoms with Crippen molar-refractivity contribution in [2.75, 3.05) is 31.1 Å². The van der Waals surface area contributed by atoms with Crippen molar-refractivity contribution in [3.05, 3.63) is 59.7 Å². The molecule has 1 aliphatic heterocycles. The van der Waals surface area contributed by atoms with Crippen LogP contribution in [0, 0.1) is 0 Å². The number of aliphatic imine (C=N–C) groups is 2. The SMILES string of the molecule is CCc1ccc(C(=O)N2CCN(c3ccc(N=C(N)N=C(N)N)cc3)CC2)cc1. The van der Waals surface area contributed by atoms with E-state index in [1.807, 2.05) is 53.4 Å². The summed E-state index contributed by atoms with van der Waals surface area (Å²) in [5, 5.41) is 0. The Hall–Kier alpha value is -3.55. The second kappa shape index (κ2) is 9.09. The molecule has 0 bridgehead atoms. The lowest BCUT2D eigenvalue weighted by Gasteiger charge is -2.36. The van der Waals surface area contributed by atoms with Crippen LogP contribution in [0.3, 0.4) is 0 Å². The number of amides is 1. The first-order valence-corrected chi connectivity index (χ1v) is 9.63. The third-order valence-electron chi connectivity index (χ3n) is 4.88. The fourth-order valence-electron chi connectivity index (χ4n) is 3.26. The summed E-state index contributed by atoms with van der Waals surface area (Å²) in [6.07, 6.45) is 0.970. The third kappa shape index (κ3) is 5.25. The Morgan fingerprint density at radius 2 is 1.55 bits per heavy atom. The van der Waals surface area contributed by atoms with Crippen molar-refractivity contribution in [2.24, 2.45) is 27.2 Å². The Balaban J connectivity index is 1.58. The lowest BCUT2D eigenvalue weighted by Crippen LogP contribution is -2.48. The van der Waals surface area contributed by atoms with Crippen molar-refractivity contribution in [3.8, 4) is 0 Å². The summed E-state index contributed by atoms with van der Waals surface area (Å²) >= 11 is 0. The van der Waals surface area contributed by atoms with E-state index in [1.54, 1.807) is 0 Å². The van der Waals surface area contributed by atoms with E-state index >= 15 is 0 Å². The van der Waals surface area contributed by atoms with Crippen molar-refractivity contribution in [1.82, 2.24) is 4.90 Å². The minimum atomic E-state index is -0.128. The molecule has 29 heavy (non-hydrogen) atoms. The third-order valence-corrected chi connectivity index (χ3v) is 4.88. The molecule has 8 nitrogen and oxygen atoms in total. The number of rotatable bonds is 4. The molecule has 0 unspecified atom stereocenters. The van der Waals surface area contributed by atoms with E-state index in [1.165, 1.54) is 5.56 Å². The monoisotopic (exact) mass is 393 g/mol. The van der Waals surface area contributed by atoms with Crippen LogP contribution in [0.1, 0.15) is 22.8 Å². The highest BCUT2D eigenvalue weighted by atomic mass is 16.2. The van der Waals surface area contributed by atoms with Gasteiger partial charge in [-0.05, 0) is 48.4 Å². The average Bonchev–Trinajstić information content (AvgIpc) is 2.73. The molecule has 3 rings (SSSR count). The molecule has 152 valence electrons. The fraction of sp³-hybridized carbons (Fsp3) is 0.286. The maximum Gasteiger partial charge on any atom is 0.253 e. The smallest absolute Gasteiger partial charge is 0.253 e. The molecule has 1 fully saturated rings. The zero-order valence-corrected chi connectivity index (χ0v) is 16.6. The van der Waals surface area contributed by atoms with Crippen molar-refractivity contribution < 1.29 is 4.79 Å². The number of carbonyl (C=O) groups is 1. The molecule has 0 radical (unpaired) electrons. The Bertz CT molecular complexity index is 892. The van der Waals surface area contributed by atoms with Gasteiger partial charge in [-0.3, -0.25) is 4.79 Å². The van der Waals surface area contributed by atoms with Gasteiger partial charge < -0.3 is 27.0 Å². The van der Waals surface area contributed by atoms with Crippen LogP contribution in [0.4, 0.5) is 11.4 Å². The van der Waals surface area contributed by atoms with Crippen molar-refractivity contribution >= 4 is 29.2 Å². The molecule has 6 N–H and O–H groups in total. The van der Waals surface area contributed by atoms with Crippen molar-refractivity contribution in [3.63, 3.8) is 0 Å². The molecule has 1 aliphatic rings. The number of aryl methyl sites for hydroxylation is 1. The predicted octanol–water partition coefficient (Wildman–Crippen LogP) is 1.43. The van der Waals surface area contributed by atoms with Crippen LogP contribution < -0.4 is 22.1 Å². The molecule has 8 heteroatoms. The summed E-state index contributed by atoms with van der Waals surface area (Å²) in [5.41, 5.74) is 19.9. The zero-order valence-electron chi connectivity index (χ0n) is 16.6. The summed E-state index contributed by atoms with van der Waals surface area (Å²) in [6, 6.07) is 15.5. The average molecular weight is 393 g/mol. The standard InChI is InChI=1S/C21H27N7O/c1-2-15-3-5-16(6-4-15)19(29)28-13-11-27(12-14-28)18-9-7-17(8-10-18)25-21(24)26-20(22)23/h3-10H,2,11-14H2,1H3,(H6,22,23,24,25,26). The summed E-state index contributed by atoms with van der Waals surface area (Å²) in [6.45, 7) is 5.03. The van der Waals surface area contributed by atoms with E-state index in [0.717, 1.165) is 30.8 Å². The molecular formula is C21H27N7O. The van der Waals surface area contributed by atoms with E-state index in [9.17, 15) is 4.79 Å². The molecule has 0 aromatic heterocycles. The maximum atomic E-state index is 12.7. The van der Waals surface area contributed by atoms with Gasteiger partial charge in [-0.2, -0.15) is 4.99 Å². The Kier molecular flexibility index (Phi) is 6.33. The number of nitrogens with two attached hydrogens (primary N) is 3. The van der Waals surface area contributed by atoms with Gasteiger partial charge in [0, 0.05) is 37.4 Å². The van der Waals surface area contributed by atoms with Gasteiger partial charge in [-0.15, -0.1) is 0 Å². The molecular weight excluding hydrogens is 366 g/mol. The fourth-order valence-corrected chi connectivity index (χ4v) is 3.26. The summed E-state index contributed by atoms with van der Waals surface area (Å²) in [4.78, 5) is 24.7. The highest BCUT2D eigenvalue weighted by Crippen LogP contribution is 2.22. The number of carbonyl (C=O) groups excluding carboxylic acids is 1. The molecule has 1 amide bonds. The second-order valence-electron chi connectivity index (χ2n) is 6.85. The van der Waals surface area contributed by atoms with Gasteiger partial charge in [0.15, 0.2) is 5.96 Å². The van der Waals surface area contributed by atoms with Crippen LogP contribution in [-0.4, -0.2) is 48.9 Å². The number of nitrogens with zero attached hydrogens (tertiary/aromatic N) is 4. The molecule has 0 saturated carbocycles. The minimum absolute atomic E-state index is 0.0110. The van der Waals surface area contributed by atoms with Gasteiger partial charge in [0.2, 0.25) is 5.96 Å². The maximum absolute atomic E-state index is 12.7. The quantitative estimate of drug-likeness (QED) is 0.535. The molecule has 1 heterocycles. The molecule has 2 aromatic rings. The predicted molar refractivity (Wildman–Crippen MR) is 117 cm³/mol. The van der Waals surface area contributed by atoms with Crippen molar-refractivity contribution in [1.29, 1.82) is 0 Å². The highest BCUT2D eigenvalue weighted by Gasteiger charge is 2.22. The van der Waals surface area contributed by atoms with Crippen molar-refractivity contribution in [2.45, 2.75) is 13.3 Å². The molecule has 2 aromatic carbocycles. The number of anilines is 1. The number of benzene rings is 2. The normalized spacial score (nSPS) is 14.6. The first-order valence-electron chi connectivity index (χ1n) is 9.63. The summed E-state index contributed by atoms with van der Waals surface area (Å²) < 4.78 is 0. The van der Waals surface area contributed by atoms with Crippen LogP contribution >= 0.6 is 0 Å². The molecule has 1 saturated heterocycles. The molecule has 0 atom stereocenters. The van der Waals surface area contributed by atoms with E-state index in [2.05, 4.69) is 21.8 Å². The van der Waals surface area contributed by atoms with Crippen LogP contribution in [-0.2, 0) is 6.42 Å². The Morgan fingerprint density at radius 1 is 0.931 bits per heavy atom. The van der Waals surface area contributed by atoms with Gasteiger partial charge in [-0.1, -0.05) is 19.1 Å². The topological polar surface area (TPSA) is 126 Å². The van der Waals surface area contributed by atoms with E-state index < -0.39 is 0 Å². The van der Waals surface area contributed by atoms with E-state index in [4.69, 9.17) is 17.2 Å². The minimum Gasteiger partial charge on any atom is -0.370 e. The first-order chi connectivity index (χ1) is 14.0. The van der Waals surface area contributed by atoms with Gasteiger partial charge in [0.1, 0.15) is 0 Å². The zero-order chi connectivity index (χ0) is 20.8.